The average Bonchev–Trinajstić information content (AvgIpc) is 3.64. The molecule has 1 unspecified atom stereocenters. The molecule has 10 heteroatoms. The molecule has 2 saturated heterocycles. The summed E-state index contributed by atoms with van der Waals surface area (Å²) in [6.45, 7) is 2.62. The van der Waals surface area contributed by atoms with Crippen molar-refractivity contribution < 1.29 is 38.0 Å². The average molecular weight is 543 g/mol. The van der Waals surface area contributed by atoms with Crippen LogP contribution in [0.2, 0.25) is 0 Å². The Morgan fingerprint density at radius 2 is 1.90 bits per heavy atom. The van der Waals surface area contributed by atoms with Crippen LogP contribution >= 0.6 is 0 Å². The molecule has 3 aliphatic rings. The van der Waals surface area contributed by atoms with Crippen LogP contribution in [0.25, 0.3) is 0 Å². The predicted octanol–water partition coefficient (Wildman–Crippen LogP) is 2.40. The van der Waals surface area contributed by atoms with E-state index in [0.29, 0.717) is 74.8 Å². The molecule has 5 rings (SSSR count). The van der Waals surface area contributed by atoms with Crippen molar-refractivity contribution in [1.82, 2.24) is 10.6 Å². The van der Waals surface area contributed by atoms with Crippen molar-refractivity contribution in [3.8, 4) is 11.5 Å². The summed E-state index contributed by atoms with van der Waals surface area (Å²) in [5.41, 5.74) is 2.52. The zero-order chi connectivity index (χ0) is 27.4. The van der Waals surface area contributed by atoms with Crippen LogP contribution in [0.15, 0.2) is 24.3 Å². The van der Waals surface area contributed by atoms with Crippen LogP contribution in [0.3, 0.4) is 0 Å². The van der Waals surface area contributed by atoms with Gasteiger partial charge in [0.1, 0.15) is 17.3 Å². The first kappa shape index (κ1) is 27.4. The lowest BCUT2D eigenvalue weighted by atomic mass is 9.95. The van der Waals surface area contributed by atoms with Crippen LogP contribution in [0.4, 0.5) is 4.39 Å². The highest BCUT2D eigenvalue weighted by molar-refractivity contribution is 5.98. The molecule has 2 amide bonds. The van der Waals surface area contributed by atoms with E-state index in [2.05, 4.69) is 10.6 Å². The minimum Gasteiger partial charge on any atom is -0.495 e. The van der Waals surface area contributed by atoms with Gasteiger partial charge in [0, 0.05) is 50.6 Å². The standard InChI is InChI=1S/C29H35FN2O7/c1-36-27-22-7-10-39-26(22)19(13-23(27)29(35)31-14-18-6-9-37-16-25(18)33)11-17-4-5-21(24(30)12-17)28(34)32-15-20-3-2-8-38-20/h4-5,12-13,18,20,25,33H,2-3,6-11,14-16H2,1H3,(H,31,35)(H,32,34)/t18?,20-,25-/m0/s1. The third-order valence-electron chi connectivity index (χ3n) is 7.63. The number of ether oxygens (including phenoxy) is 4. The Kier molecular flexibility index (Phi) is 8.64. The topological polar surface area (TPSA) is 115 Å². The smallest absolute Gasteiger partial charge is 0.255 e. The van der Waals surface area contributed by atoms with Crippen molar-refractivity contribution in [3.05, 3.63) is 57.9 Å². The molecule has 3 N–H and O–H groups in total. The van der Waals surface area contributed by atoms with Gasteiger partial charge in [-0.1, -0.05) is 6.07 Å². The van der Waals surface area contributed by atoms with Gasteiger partial charge in [-0.15, -0.1) is 0 Å². The van der Waals surface area contributed by atoms with Gasteiger partial charge in [0.15, 0.2) is 0 Å². The number of nitrogens with one attached hydrogen (secondary N) is 2. The van der Waals surface area contributed by atoms with Crippen LogP contribution < -0.4 is 20.1 Å². The van der Waals surface area contributed by atoms with Gasteiger partial charge in [-0.3, -0.25) is 9.59 Å². The molecule has 0 saturated carbocycles. The molecular formula is C29H35FN2O7. The van der Waals surface area contributed by atoms with Crippen molar-refractivity contribution in [2.45, 2.75) is 44.3 Å². The summed E-state index contributed by atoms with van der Waals surface area (Å²) in [6.07, 6.45) is 2.75. The van der Waals surface area contributed by atoms with E-state index in [9.17, 15) is 19.1 Å². The molecule has 9 nitrogen and oxygen atoms in total. The third-order valence-corrected chi connectivity index (χ3v) is 7.63. The highest BCUT2D eigenvalue weighted by atomic mass is 19.1. The van der Waals surface area contributed by atoms with Gasteiger partial charge < -0.3 is 34.7 Å². The number of halogens is 1. The quantitative estimate of drug-likeness (QED) is 0.446. The fraction of sp³-hybridized carbons (Fsp3) is 0.517. The first-order valence-corrected chi connectivity index (χ1v) is 13.5. The summed E-state index contributed by atoms with van der Waals surface area (Å²) in [7, 11) is 1.52. The maximum absolute atomic E-state index is 15.0. The van der Waals surface area contributed by atoms with E-state index in [4.69, 9.17) is 18.9 Å². The number of methoxy groups -OCH3 is 1. The fourth-order valence-corrected chi connectivity index (χ4v) is 5.46. The molecule has 0 bridgehead atoms. The van der Waals surface area contributed by atoms with Crippen LogP contribution in [-0.4, -0.2) is 75.8 Å². The Labute approximate surface area is 227 Å². The Morgan fingerprint density at radius 3 is 2.64 bits per heavy atom. The largest absolute Gasteiger partial charge is 0.495 e. The van der Waals surface area contributed by atoms with E-state index in [1.54, 1.807) is 12.1 Å². The zero-order valence-electron chi connectivity index (χ0n) is 22.1. The van der Waals surface area contributed by atoms with Crippen molar-refractivity contribution in [1.29, 1.82) is 0 Å². The number of carbonyl (C=O) groups is 2. The number of carbonyl (C=O) groups excluding carboxylic acids is 2. The Morgan fingerprint density at radius 1 is 1.08 bits per heavy atom. The molecule has 3 atom stereocenters. The molecule has 2 aromatic rings. The summed E-state index contributed by atoms with van der Waals surface area (Å²) < 4.78 is 37.3. The molecular weight excluding hydrogens is 507 g/mol. The van der Waals surface area contributed by atoms with Crippen LogP contribution in [0.1, 0.15) is 56.7 Å². The molecule has 0 spiro atoms. The third kappa shape index (κ3) is 6.18. The summed E-state index contributed by atoms with van der Waals surface area (Å²) in [4.78, 5) is 25.8. The van der Waals surface area contributed by atoms with Gasteiger partial charge in [-0.05, 0) is 48.6 Å². The summed E-state index contributed by atoms with van der Waals surface area (Å²) in [6, 6.07) is 6.26. The van der Waals surface area contributed by atoms with E-state index >= 15 is 0 Å². The Hall–Kier alpha value is -3.21. The van der Waals surface area contributed by atoms with Crippen LogP contribution in [0.5, 0.6) is 11.5 Å². The van der Waals surface area contributed by atoms with Gasteiger partial charge in [-0.25, -0.2) is 4.39 Å². The second-order valence-corrected chi connectivity index (χ2v) is 10.3. The number of benzene rings is 2. The van der Waals surface area contributed by atoms with Crippen LogP contribution in [-0.2, 0) is 22.3 Å². The maximum atomic E-state index is 15.0. The second-order valence-electron chi connectivity index (χ2n) is 10.3. The van der Waals surface area contributed by atoms with Crippen molar-refractivity contribution in [3.63, 3.8) is 0 Å². The summed E-state index contributed by atoms with van der Waals surface area (Å²) in [5, 5.41) is 15.8. The number of hydrogen-bond donors (Lipinski definition) is 3. The number of hydrogen-bond acceptors (Lipinski definition) is 7. The Bertz CT molecular complexity index is 1210. The molecule has 0 aromatic heterocycles. The second kappa shape index (κ2) is 12.3. The molecule has 210 valence electrons. The predicted molar refractivity (Wildman–Crippen MR) is 140 cm³/mol. The molecule has 0 aliphatic carbocycles. The minimum absolute atomic E-state index is 0.0247. The van der Waals surface area contributed by atoms with Crippen molar-refractivity contribution in [2.75, 3.05) is 46.6 Å². The molecule has 3 aliphatic heterocycles. The van der Waals surface area contributed by atoms with E-state index in [0.717, 1.165) is 24.0 Å². The lowest BCUT2D eigenvalue weighted by Crippen LogP contribution is -2.40. The van der Waals surface area contributed by atoms with E-state index in [1.165, 1.54) is 19.2 Å². The number of fused-ring (bicyclic) bond motifs is 1. The highest BCUT2D eigenvalue weighted by Crippen LogP contribution is 2.40. The van der Waals surface area contributed by atoms with Crippen molar-refractivity contribution >= 4 is 11.8 Å². The van der Waals surface area contributed by atoms with Gasteiger partial charge in [-0.2, -0.15) is 0 Å². The normalized spacial score (nSPS) is 22.2. The van der Waals surface area contributed by atoms with E-state index in [-0.39, 0.29) is 30.1 Å². The molecule has 3 heterocycles. The number of amides is 2. The molecule has 39 heavy (non-hydrogen) atoms. The molecule has 2 aromatic carbocycles. The first-order chi connectivity index (χ1) is 18.9. The SMILES string of the molecule is COc1c(C(=O)NCC2CCOC[C@@H]2O)cc(Cc2ccc(C(=O)NC[C@@H]3CCCO3)c(F)c2)c2c1CCO2. The summed E-state index contributed by atoms with van der Waals surface area (Å²) >= 11 is 0. The van der Waals surface area contributed by atoms with E-state index in [1.807, 2.05) is 0 Å². The van der Waals surface area contributed by atoms with Gasteiger partial charge in [0.25, 0.3) is 11.8 Å². The Balaban J connectivity index is 1.32. The number of aliphatic hydroxyl groups is 1. The molecule has 0 radical (unpaired) electrons. The number of aliphatic hydroxyl groups excluding tert-OH is 1. The fourth-order valence-electron chi connectivity index (χ4n) is 5.46. The number of rotatable bonds is 9. The zero-order valence-corrected chi connectivity index (χ0v) is 22.1. The lowest BCUT2D eigenvalue weighted by molar-refractivity contribution is -0.0425. The molecule has 2 fully saturated rings. The lowest BCUT2D eigenvalue weighted by Gasteiger charge is -2.28. The van der Waals surface area contributed by atoms with Crippen LogP contribution in [0, 0.1) is 11.7 Å². The maximum Gasteiger partial charge on any atom is 0.255 e. The van der Waals surface area contributed by atoms with Gasteiger partial charge >= 0.3 is 0 Å². The van der Waals surface area contributed by atoms with Crippen molar-refractivity contribution in [2.24, 2.45) is 5.92 Å². The summed E-state index contributed by atoms with van der Waals surface area (Å²) in [5.74, 6) is -0.391. The van der Waals surface area contributed by atoms with Gasteiger partial charge in [0.2, 0.25) is 0 Å². The van der Waals surface area contributed by atoms with E-state index < -0.39 is 17.8 Å². The highest BCUT2D eigenvalue weighted by Gasteiger charge is 2.29. The first-order valence-electron chi connectivity index (χ1n) is 13.5. The monoisotopic (exact) mass is 542 g/mol. The van der Waals surface area contributed by atoms with Gasteiger partial charge in [0.05, 0.1) is 43.7 Å². The minimum atomic E-state index is -0.624.